The summed E-state index contributed by atoms with van der Waals surface area (Å²) in [7, 11) is 0. The third kappa shape index (κ3) is 4.16. The second-order valence-electron chi connectivity index (χ2n) is 8.01. The summed E-state index contributed by atoms with van der Waals surface area (Å²) in [5, 5.41) is 12.0. The molecule has 8 nitrogen and oxygen atoms in total. The molecule has 4 heterocycles. The van der Waals surface area contributed by atoms with Gasteiger partial charge in [0.25, 0.3) is 5.91 Å². The van der Waals surface area contributed by atoms with E-state index in [0.29, 0.717) is 17.2 Å². The molecule has 2 N–H and O–H groups in total. The molecule has 0 aliphatic heterocycles. The number of anilines is 2. The minimum atomic E-state index is -0.105. The second-order valence-corrected chi connectivity index (χ2v) is 8.01. The number of carbonyl (C=O) groups is 1. The van der Waals surface area contributed by atoms with E-state index in [1.54, 1.807) is 41.5 Å². The lowest BCUT2D eigenvalue weighted by molar-refractivity contribution is 0.0960. The Balaban J connectivity index is 1.24. The normalized spacial score (nSPS) is 11.0. The molecule has 6 aromatic rings. The van der Waals surface area contributed by atoms with Gasteiger partial charge in [-0.1, -0.05) is 24.3 Å². The van der Waals surface area contributed by atoms with Gasteiger partial charge in [0.2, 0.25) is 0 Å². The summed E-state index contributed by atoms with van der Waals surface area (Å²) >= 11 is 0. The number of nitrogens with one attached hydrogen (secondary N) is 2. The van der Waals surface area contributed by atoms with E-state index < -0.39 is 0 Å². The lowest BCUT2D eigenvalue weighted by Crippen LogP contribution is -2.09. The summed E-state index contributed by atoms with van der Waals surface area (Å²) in [4.78, 5) is 25.9. The molecule has 0 spiro atoms. The van der Waals surface area contributed by atoms with Gasteiger partial charge in [0.1, 0.15) is 5.82 Å². The molecule has 0 saturated heterocycles. The quantitative estimate of drug-likeness (QED) is 0.364. The number of H-pyrrole nitrogens is 1. The molecular weight excluding hydrogens is 438 g/mol. The molecule has 0 aliphatic rings. The van der Waals surface area contributed by atoms with Crippen LogP contribution in [0.15, 0.2) is 104 Å². The van der Waals surface area contributed by atoms with Gasteiger partial charge in [-0.2, -0.15) is 5.10 Å². The summed E-state index contributed by atoms with van der Waals surface area (Å²) in [6, 6.07) is 19.2. The highest BCUT2D eigenvalue weighted by Crippen LogP contribution is 2.26. The van der Waals surface area contributed by atoms with Crippen molar-refractivity contribution in [2.75, 3.05) is 5.32 Å². The summed E-state index contributed by atoms with van der Waals surface area (Å²) in [6.07, 6.45) is 12.3. The number of benzene rings is 2. The van der Waals surface area contributed by atoms with E-state index in [0.717, 1.165) is 33.2 Å². The minimum Gasteiger partial charge on any atom is -0.340 e. The Morgan fingerprint density at radius 3 is 2.43 bits per heavy atom. The van der Waals surface area contributed by atoms with Gasteiger partial charge in [-0.15, -0.1) is 0 Å². The molecule has 0 amide bonds. The Labute approximate surface area is 200 Å². The van der Waals surface area contributed by atoms with Gasteiger partial charge >= 0.3 is 0 Å². The van der Waals surface area contributed by atoms with Crippen LogP contribution in [0.4, 0.5) is 11.5 Å². The third-order valence-corrected chi connectivity index (χ3v) is 5.71. The van der Waals surface area contributed by atoms with Gasteiger partial charge < -0.3 is 5.32 Å². The molecule has 0 atom stereocenters. The number of carbonyl (C=O) groups excluding carboxylic acids is 1. The molecule has 6 rings (SSSR count). The maximum absolute atomic E-state index is 12.8. The van der Waals surface area contributed by atoms with E-state index in [1.165, 1.54) is 0 Å². The van der Waals surface area contributed by atoms with Gasteiger partial charge in [-0.3, -0.25) is 19.4 Å². The maximum atomic E-state index is 12.8. The smallest absolute Gasteiger partial charge is 0.261 e. The third-order valence-electron chi connectivity index (χ3n) is 5.71. The molecule has 4 aromatic heterocycles. The molecule has 0 aliphatic carbocycles. The van der Waals surface area contributed by atoms with Crippen molar-refractivity contribution < 1.29 is 4.79 Å². The SMILES string of the molecule is O=C(c1ccncc1)n1cc2ccc(-c3nccc(Nc4ccc(-c5cn[nH]c5)cc4)n3)cc2c1. The fourth-order valence-corrected chi connectivity index (χ4v) is 3.91. The Morgan fingerprint density at radius 1 is 0.829 bits per heavy atom. The fraction of sp³-hybridized carbons (Fsp3) is 0. The summed E-state index contributed by atoms with van der Waals surface area (Å²) in [5.74, 6) is 1.18. The molecule has 168 valence electrons. The highest BCUT2D eigenvalue weighted by Gasteiger charge is 2.11. The zero-order valence-corrected chi connectivity index (χ0v) is 18.5. The van der Waals surface area contributed by atoms with Crippen LogP contribution in [0.5, 0.6) is 0 Å². The largest absolute Gasteiger partial charge is 0.340 e. The van der Waals surface area contributed by atoms with Crippen molar-refractivity contribution in [2.45, 2.75) is 0 Å². The summed E-state index contributed by atoms with van der Waals surface area (Å²) in [5.41, 5.74) is 4.48. The number of pyridine rings is 1. The lowest BCUT2D eigenvalue weighted by atomic mass is 10.1. The average Bonchev–Trinajstić information content (AvgIpc) is 3.59. The Bertz CT molecular complexity index is 1620. The van der Waals surface area contributed by atoms with Crippen LogP contribution in [0.3, 0.4) is 0 Å². The summed E-state index contributed by atoms with van der Waals surface area (Å²) in [6.45, 7) is 0. The van der Waals surface area contributed by atoms with Crippen LogP contribution in [0.2, 0.25) is 0 Å². The molecule has 35 heavy (non-hydrogen) atoms. The molecule has 8 heteroatoms. The van der Waals surface area contributed by atoms with Crippen LogP contribution in [-0.4, -0.2) is 35.6 Å². The van der Waals surface area contributed by atoms with Crippen LogP contribution in [-0.2, 0) is 0 Å². The predicted molar refractivity (Wildman–Crippen MR) is 134 cm³/mol. The van der Waals surface area contributed by atoms with Crippen molar-refractivity contribution in [1.29, 1.82) is 0 Å². The van der Waals surface area contributed by atoms with Gasteiger partial charge in [0, 0.05) is 64.9 Å². The molecule has 2 aromatic carbocycles. The highest BCUT2D eigenvalue weighted by molar-refractivity contribution is 5.99. The van der Waals surface area contributed by atoms with Crippen molar-refractivity contribution in [3.8, 4) is 22.5 Å². The number of aromatic amines is 1. The van der Waals surface area contributed by atoms with Gasteiger partial charge in [0.05, 0.1) is 6.20 Å². The summed E-state index contributed by atoms with van der Waals surface area (Å²) < 4.78 is 1.59. The monoisotopic (exact) mass is 457 g/mol. The number of fused-ring (bicyclic) bond motifs is 1. The van der Waals surface area contributed by atoms with Crippen molar-refractivity contribution in [2.24, 2.45) is 0 Å². The van der Waals surface area contributed by atoms with Crippen molar-refractivity contribution in [1.82, 2.24) is 29.7 Å². The van der Waals surface area contributed by atoms with Crippen molar-refractivity contribution >= 4 is 28.2 Å². The minimum absolute atomic E-state index is 0.105. The van der Waals surface area contributed by atoms with E-state index in [2.05, 4.69) is 30.5 Å². The first kappa shape index (κ1) is 20.5. The first-order valence-electron chi connectivity index (χ1n) is 11.0. The van der Waals surface area contributed by atoms with E-state index in [-0.39, 0.29) is 5.91 Å². The Morgan fingerprint density at radius 2 is 1.63 bits per heavy atom. The average molecular weight is 457 g/mol. The van der Waals surface area contributed by atoms with Gasteiger partial charge in [-0.25, -0.2) is 9.97 Å². The molecule has 0 saturated carbocycles. The van der Waals surface area contributed by atoms with Crippen molar-refractivity contribution in [3.05, 3.63) is 110 Å². The van der Waals surface area contributed by atoms with Gasteiger partial charge in [-0.05, 0) is 47.3 Å². The number of rotatable bonds is 5. The number of hydrogen-bond donors (Lipinski definition) is 2. The van der Waals surface area contributed by atoms with Crippen LogP contribution < -0.4 is 5.32 Å². The number of hydrogen-bond acceptors (Lipinski definition) is 6. The molecule has 0 fully saturated rings. The van der Waals surface area contributed by atoms with Crippen LogP contribution in [0.25, 0.3) is 33.3 Å². The number of nitrogens with zero attached hydrogens (tertiary/aromatic N) is 5. The highest BCUT2D eigenvalue weighted by atomic mass is 16.2. The van der Waals surface area contributed by atoms with E-state index in [1.807, 2.05) is 67.1 Å². The molecule has 0 bridgehead atoms. The maximum Gasteiger partial charge on any atom is 0.261 e. The Hall–Kier alpha value is -5.11. The first-order chi connectivity index (χ1) is 17.2. The van der Waals surface area contributed by atoms with Crippen LogP contribution in [0, 0.1) is 0 Å². The molecule has 0 unspecified atom stereocenters. The van der Waals surface area contributed by atoms with Crippen molar-refractivity contribution in [3.63, 3.8) is 0 Å². The first-order valence-corrected chi connectivity index (χ1v) is 11.0. The fourth-order valence-electron chi connectivity index (χ4n) is 3.91. The second kappa shape index (κ2) is 8.68. The van der Waals surface area contributed by atoms with E-state index in [4.69, 9.17) is 0 Å². The lowest BCUT2D eigenvalue weighted by Gasteiger charge is -2.08. The zero-order chi connectivity index (χ0) is 23.6. The molecular formula is C27H19N7O. The zero-order valence-electron chi connectivity index (χ0n) is 18.5. The Kier molecular flexibility index (Phi) is 5.08. The van der Waals surface area contributed by atoms with Crippen LogP contribution in [0.1, 0.15) is 10.4 Å². The van der Waals surface area contributed by atoms with Crippen LogP contribution >= 0.6 is 0 Å². The van der Waals surface area contributed by atoms with Gasteiger partial charge in [0.15, 0.2) is 5.82 Å². The topological polar surface area (TPSA) is 101 Å². The van der Waals surface area contributed by atoms with E-state index >= 15 is 0 Å². The molecule has 0 radical (unpaired) electrons. The number of aromatic nitrogens is 6. The predicted octanol–water partition coefficient (Wildman–Crippen LogP) is 5.32. The van der Waals surface area contributed by atoms with E-state index in [9.17, 15) is 4.79 Å². The standard InChI is InChI=1S/C27H19N7O/c35-27(19-7-10-28-11-8-19)34-16-21-2-1-20(13-22(21)17-34)26-29-12-9-25(33-26)32-24-5-3-18(4-6-24)23-14-30-31-15-23/h1-17H,(H,30,31)(H,29,32,33).